The Bertz CT molecular complexity index is 48.8. The predicted molar refractivity (Wildman–Crippen MR) is 58.8 cm³/mol. The highest BCUT2D eigenvalue weighted by Crippen LogP contribution is 2.07. The van der Waals surface area contributed by atoms with Gasteiger partial charge in [-0.05, 0) is 29.4 Å². The highest BCUT2D eigenvalue weighted by Gasteiger charge is 1.87. The second-order valence-corrected chi connectivity index (χ2v) is 4.95. The number of thiol groups is 1. The number of thioether (sulfide) groups is 2. The Balaban J connectivity index is 2.65. The summed E-state index contributed by atoms with van der Waals surface area (Å²) in [6, 6.07) is 0. The molecule has 3 heteroatoms. The van der Waals surface area contributed by atoms with E-state index in [0.717, 1.165) is 5.75 Å². The summed E-state index contributed by atoms with van der Waals surface area (Å²) in [7, 11) is 0. The van der Waals surface area contributed by atoms with E-state index in [1.807, 2.05) is 23.5 Å². The Morgan fingerprint density at radius 1 is 1.10 bits per heavy atom. The number of hydrogen-bond acceptors (Lipinski definition) is 3. The van der Waals surface area contributed by atoms with E-state index in [1.165, 1.54) is 29.4 Å². The largest absolute Gasteiger partial charge is 0.179 e. The zero-order valence-electron chi connectivity index (χ0n) is 6.51. The van der Waals surface area contributed by atoms with E-state index in [1.54, 1.807) is 0 Å². The van der Waals surface area contributed by atoms with Crippen molar-refractivity contribution in [3.05, 3.63) is 0 Å². The third kappa shape index (κ3) is 9.05. The molecule has 0 rings (SSSR count). The van der Waals surface area contributed by atoms with Gasteiger partial charge in [-0.2, -0.15) is 36.2 Å². The van der Waals surface area contributed by atoms with Crippen molar-refractivity contribution in [3.63, 3.8) is 0 Å². The first kappa shape index (κ1) is 11.1. The minimum absolute atomic E-state index is 1.02. The van der Waals surface area contributed by atoms with Crippen LogP contribution in [0.4, 0.5) is 0 Å². The van der Waals surface area contributed by atoms with Crippen molar-refractivity contribution in [2.45, 2.75) is 13.3 Å². The molecule has 0 radical (unpaired) electrons. The third-order valence-electron chi connectivity index (χ3n) is 1.02. The van der Waals surface area contributed by atoms with Crippen LogP contribution in [0.15, 0.2) is 0 Å². The van der Waals surface area contributed by atoms with Crippen LogP contribution in [0.25, 0.3) is 0 Å². The fourth-order valence-electron chi connectivity index (χ4n) is 0.574. The zero-order chi connectivity index (χ0) is 7.66. The van der Waals surface area contributed by atoms with E-state index < -0.39 is 0 Å². The Hall–Kier alpha value is 1.05. The molecule has 0 fully saturated rings. The van der Waals surface area contributed by atoms with Gasteiger partial charge < -0.3 is 0 Å². The van der Waals surface area contributed by atoms with E-state index in [0.29, 0.717) is 0 Å². The Labute approximate surface area is 78.3 Å². The van der Waals surface area contributed by atoms with Gasteiger partial charge in [-0.1, -0.05) is 6.92 Å². The van der Waals surface area contributed by atoms with Crippen molar-refractivity contribution in [3.8, 4) is 0 Å². The van der Waals surface area contributed by atoms with Gasteiger partial charge in [0.1, 0.15) is 0 Å². The normalized spacial score (nSPS) is 10.2. The lowest BCUT2D eigenvalue weighted by Crippen LogP contribution is -1.87. The van der Waals surface area contributed by atoms with Gasteiger partial charge in [0.15, 0.2) is 0 Å². The molecule has 0 amide bonds. The maximum absolute atomic E-state index is 4.14. The maximum atomic E-state index is 4.14. The lowest BCUT2D eigenvalue weighted by molar-refractivity contribution is 1.12. The fraction of sp³-hybridized carbons (Fsp3) is 1.00. The molecule has 0 aromatic rings. The van der Waals surface area contributed by atoms with Gasteiger partial charge in [0.25, 0.3) is 0 Å². The minimum Gasteiger partial charge on any atom is -0.179 e. The molecule has 0 heterocycles. The molecule has 0 aromatic heterocycles. The van der Waals surface area contributed by atoms with E-state index in [4.69, 9.17) is 0 Å². The van der Waals surface area contributed by atoms with Crippen LogP contribution in [-0.2, 0) is 0 Å². The Morgan fingerprint density at radius 3 is 2.40 bits per heavy atom. The van der Waals surface area contributed by atoms with E-state index in [9.17, 15) is 0 Å². The average Bonchev–Trinajstić information content (AvgIpc) is 1.97. The molecule has 0 N–H and O–H groups in total. The van der Waals surface area contributed by atoms with Gasteiger partial charge >= 0.3 is 0 Å². The summed E-state index contributed by atoms with van der Waals surface area (Å²) in [6.45, 7) is 2.21. The molecule has 0 saturated heterocycles. The molecular weight excluding hydrogens is 180 g/mol. The van der Waals surface area contributed by atoms with Gasteiger partial charge in [-0.15, -0.1) is 0 Å². The van der Waals surface area contributed by atoms with Gasteiger partial charge in [0.05, 0.1) is 0 Å². The second-order valence-electron chi connectivity index (χ2n) is 1.89. The fourth-order valence-corrected chi connectivity index (χ4v) is 2.46. The van der Waals surface area contributed by atoms with Crippen LogP contribution in [0, 0.1) is 0 Å². The van der Waals surface area contributed by atoms with Crippen LogP contribution >= 0.6 is 36.2 Å². The first-order chi connectivity index (χ1) is 4.91. The van der Waals surface area contributed by atoms with Crippen molar-refractivity contribution in [2.24, 2.45) is 0 Å². The summed E-state index contributed by atoms with van der Waals surface area (Å²) in [5.41, 5.74) is 0. The van der Waals surface area contributed by atoms with Gasteiger partial charge in [-0.25, -0.2) is 0 Å². The standard InChI is InChI=1S/C7H16S3/c1-2-9-5-3-6-10-7-4-8/h8H,2-7H2,1H3. The van der Waals surface area contributed by atoms with E-state index >= 15 is 0 Å². The third-order valence-corrected chi connectivity index (χ3v) is 3.60. The zero-order valence-corrected chi connectivity index (χ0v) is 9.03. The molecule has 0 aliphatic heterocycles. The second kappa shape index (κ2) is 10.0. The molecule has 0 atom stereocenters. The molecule has 0 spiro atoms. The maximum Gasteiger partial charge on any atom is 0.00210 e. The highest BCUT2D eigenvalue weighted by molar-refractivity contribution is 8.00. The van der Waals surface area contributed by atoms with Crippen molar-refractivity contribution >= 4 is 36.2 Å². The lowest BCUT2D eigenvalue weighted by atomic mass is 10.6. The SMILES string of the molecule is CCSCCCSCCS. The summed E-state index contributed by atoms with van der Waals surface area (Å²) < 4.78 is 0. The monoisotopic (exact) mass is 196 g/mol. The van der Waals surface area contributed by atoms with Crippen LogP contribution in [-0.4, -0.2) is 28.8 Å². The molecule has 62 valence electrons. The van der Waals surface area contributed by atoms with Gasteiger partial charge in [-0.3, -0.25) is 0 Å². The molecule has 0 aromatic carbocycles. The van der Waals surface area contributed by atoms with E-state index in [-0.39, 0.29) is 0 Å². The lowest BCUT2D eigenvalue weighted by Gasteiger charge is -1.97. The topological polar surface area (TPSA) is 0 Å². The summed E-state index contributed by atoms with van der Waals surface area (Å²) in [5.74, 6) is 6.13. The highest BCUT2D eigenvalue weighted by atomic mass is 32.2. The number of hydrogen-bond donors (Lipinski definition) is 1. The molecule has 0 aliphatic carbocycles. The molecule has 10 heavy (non-hydrogen) atoms. The molecule has 0 unspecified atom stereocenters. The Kier molecular flexibility index (Phi) is 11.1. The summed E-state index contributed by atoms with van der Waals surface area (Å²) in [4.78, 5) is 0. The number of rotatable bonds is 7. The quantitative estimate of drug-likeness (QED) is 0.491. The Morgan fingerprint density at radius 2 is 1.80 bits per heavy atom. The van der Waals surface area contributed by atoms with Crippen LogP contribution in [0.2, 0.25) is 0 Å². The predicted octanol–water partition coefficient (Wildman–Crippen LogP) is 2.79. The van der Waals surface area contributed by atoms with Gasteiger partial charge in [0.2, 0.25) is 0 Å². The smallest absolute Gasteiger partial charge is 0.00210 e. The van der Waals surface area contributed by atoms with Gasteiger partial charge in [0, 0.05) is 5.75 Å². The van der Waals surface area contributed by atoms with Crippen molar-refractivity contribution in [2.75, 3.05) is 28.8 Å². The van der Waals surface area contributed by atoms with Crippen molar-refractivity contribution in [1.29, 1.82) is 0 Å². The van der Waals surface area contributed by atoms with Crippen LogP contribution in [0.3, 0.4) is 0 Å². The minimum atomic E-state index is 1.02. The average molecular weight is 196 g/mol. The first-order valence-corrected chi connectivity index (χ1v) is 6.62. The summed E-state index contributed by atoms with van der Waals surface area (Å²) in [6.07, 6.45) is 1.36. The van der Waals surface area contributed by atoms with Crippen LogP contribution < -0.4 is 0 Å². The molecule has 0 saturated carbocycles. The summed E-state index contributed by atoms with van der Waals surface area (Å²) in [5, 5.41) is 0. The summed E-state index contributed by atoms with van der Waals surface area (Å²) >= 11 is 8.19. The van der Waals surface area contributed by atoms with E-state index in [2.05, 4.69) is 19.6 Å². The molecule has 0 aliphatic rings. The van der Waals surface area contributed by atoms with Crippen molar-refractivity contribution in [1.82, 2.24) is 0 Å². The first-order valence-electron chi connectivity index (χ1n) is 3.68. The van der Waals surface area contributed by atoms with Crippen LogP contribution in [0.1, 0.15) is 13.3 Å². The molecular formula is C7H16S3. The van der Waals surface area contributed by atoms with Crippen molar-refractivity contribution < 1.29 is 0 Å². The molecule has 0 bridgehead atoms. The molecule has 0 nitrogen and oxygen atoms in total. The van der Waals surface area contributed by atoms with Crippen LogP contribution in [0.5, 0.6) is 0 Å².